The van der Waals surface area contributed by atoms with Crippen molar-refractivity contribution in [2.75, 3.05) is 19.6 Å². The predicted molar refractivity (Wildman–Crippen MR) is 91.2 cm³/mol. The van der Waals surface area contributed by atoms with E-state index >= 15 is 0 Å². The summed E-state index contributed by atoms with van der Waals surface area (Å²) in [5, 5.41) is 14.0. The summed E-state index contributed by atoms with van der Waals surface area (Å²) in [5.74, 6) is 0.0566. The molecule has 2 aromatic rings. The molecule has 1 aliphatic heterocycles. The van der Waals surface area contributed by atoms with E-state index in [1.54, 1.807) is 18.2 Å². The standard InChI is InChI=1S/C17H22N6O2/c24-16-9-2-1-5-11-22(16)12-6-10-18-17(25)14-7-3-4-8-15(14)23-13-19-20-21-23/h3-4,7-8,13H,1-2,5-6,9-12H2,(H,18,25). The van der Waals surface area contributed by atoms with E-state index in [2.05, 4.69) is 20.8 Å². The van der Waals surface area contributed by atoms with E-state index in [0.717, 1.165) is 32.2 Å². The van der Waals surface area contributed by atoms with Gasteiger partial charge in [0.25, 0.3) is 5.91 Å². The SMILES string of the molecule is O=C(NCCCN1CCCCCC1=O)c1ccccc1-n1cnnn1. The van der Waals surface area contributed by atoms with Crippen LogP contribution in [0.1, 0.15) is 42.5 Å². The van der Waals surface area contributed by atoms with Gasteiger partial charge in [-0.15, -0.1) is 5.10 Å². The molecule has 0 atom stereocenters. The lowest BCUT2D eigenvalue weighted by atomic mass is 10.1. The number of tetrazole rings is 1. The van der Waals surface area contributed by atoms with Crippen molar-refractivity contribution in [2.24, 2.45) is 0 Å². The molecule has 132 valence electrons. The molecular formula is C17H22N6O2. The highest BCUT2D eigenvalue weighted by Crippen LogP contribution is 2.13. The molecule has 1 aromatic heterocycles. The van der Waals surface area contributed by atoms with Crippen molar-refractivity contribution in [2.45, 2.75) is 32.1 Å². The second kappa shape index (κ2) is 8.36. The summed E-state index contributed by atoms with van der Waals surface area (Å²) in [4.78, 5) is 26.3. The van der Waals surface area contributed by atoms with Crippen LogP contribution >= 0.6 is 0 Å². The van der Waals surface area contributed by atoms with Gasteiger partial charge in [-0.2, -0.15) is 4.68 Å². The average molecular weight is 342 g/mol. The van der Waals surface area contributed by atoms with Crippen LogP contribution in [-0.2, 0) is 4.79 Å². The van der Waals surface area contributed by atoms with Gasteiger partial charge < -0.3 is 10.2 Å². The number of nitrogens with zero attached hydrogens (tertiary/aromatic N) is 5. The molecule has 0 bridgehead atoms. The van der Waals surface area contributed by atoms with Gasteiger partial charge >= 0.3 is 0 Å². The number of hydrogen-bond acceptors (Lipinski definition) is 5. The van der Waals surface area contributed by atoms with E-state index in [9.17, 15) is 9.59 Å². The lowest BCUT2D eigenvalue weighted by molar-refractivity contribution is -0.130. The quantitative estimate of drug-likeness (QED) is 0.796. The summed E-state index contributed by atoms with van der Waals surface area (Å²) < 4.78 is 1.46. The number of nitrogens with one attached hydrogen (secondary N) is 1. The Morgan fingerprint density at radius 1 is 1.20 bits per heavy atom. The van der Waals surface area contributed by atoms with Crippen molar-refractivity contribution < 1.29 is 9.59 Å². The van der Waals surface area contributed by atoms with Gasteiger partial charge in [0.1, 0.15) is 6.33 Å². The number of likely N-dealkylation sites (tertiary alicyclic amines) is 1. The first-order valence-electron chi connectivity index (χ1n) is 8.64. The van der Waals surface area contributed by atoms with E-state index in [1.807, 2.05) is 11.0 Å². The number of carbonyl (C=O) groups is 2. The number of rotatable bonds is 6. The molecule has 1 aliphatic rings. The Morgan fingerprint density at radius 2 is 2.08 bits per heavy atom. The molecule has 1 saturated heterocycles. The fourth-order valence-corrected chi connectivity index (χ4v) is 2.98. The number of para-hydroxylation sites is 1. The summed E-state index contributed by atoms with van der Waals surface area (Å²) in [6.45, 7) is 2.04. The molecule has 0 radical (unpaired) electrons. The summed E-state index contributed by atoms with van der Waals surface area (Å²) in [6.07, 6.45) is 6.01. The summed E-state index contributed by atoms with van der Waals surface area (Å²) in [5.41, 5.74) is 1.15. The minimum Gasteiger partial charge on any atom is -0.352 e. The summed E-state index contributed by atoms with van der Waals surface area (Å²) in [6, 6.07) is 7.17. The normalized spacial score (nSPS) is 15.0. The zero-order valence-electron chi connectivity index (χ0n) is 14.1. The van der Waals surface area contributed by atoms with Gasteiger partial charge in [0.2, 0.25) is 5.91 Å². The third-order valence-corrected chi connectivity index (χ3v) is 4.31. The first-order chi connectivity index (χ1) is 12.3. The van der Waals surface area contributed by atoms with Gasteiger partial charge in [0.15, 0.2) is 0 Å². The molecule has 0 aliphatic carbocycles. The Morgan fingerprint density at radius 3 is 2.92 bits per heavy atom. The van der Waals surface area contributed by atoms with Crippen molar-refractivity contribution in [3.63, 3.8) is 0 Å². The topological polar surface area (TPSA) is 93.0 Å². The Kier molecular flexibility index (Phi) is 5.71. The molecule has 2 heterocycles. The maximum absolute atomic E-state index is 12.5. The van der Waals surface area contributed by atoms with Crippen LogP contribution in [0.3, 0.4) is 0 Å². The minimum absolute atomic E-state index is 0.173. The fraction of sp³-hybridized carbons (Fsp3) is 0.471. The van der Waals surface area contributed by atoms with Crippen LogP contribution in [0.25, 0.3) is 5.69 Å². The molecule has 3 rings (SSSR count). The number of benzene rings is 1. The van der Waals surface area contributed by atoms with Crippen LogP contribution in [0, 0.1) is 0 Å². The third-order valence-electron chi connectivity index (χ3n) is 4.31. The van der Waals surface area contributed by atoms with Gasteiger partial charge in [-0.1, -0.05) is 18.6 Å². The van der Waals surface area contributed by atoms with Crippen LogP contribution in [0.15, 0.2) is 30.6 Å². The molecule has 25 heavy (non-hydrogen) atoms. The number of aromatic nitrogens is 4. The van der Waals surface area contributed by atoms with Gasteiger partial charge in [-0.3, -0.25) is 9.59 Å². The number of hydrogen-bond donors (Lipinski definition) is 1. The average Bonchev–Trinajstić information content (AvgIpc) is 3.09. The van der Waals surface area contributed by atoms with Gasteiger partial charge in [-0.05, 0) is 41.8 Å². The molecule has 2 amide bonds. The molecule has 8 nitrogen and oxygen atoms in total. The largest absolute Gasteiger partial charge is 0.352 e. The maximum Gasteiger partial charge on any atom is 0.253 e. The summed E-state index contributed by atoms with van der Waals surface area (Å²) >= 11 is 0. The van der Waals surface area contributed by atoms with E-state index < -0.39 is 0 Å². The highest BCUT2D eigenvalue weighted by molar-refractivity contribution is 5.97. The third kappa shape index (κ3) is 4.40. The number of amides is 2. The first kappa shape index (κ1) is 17.1. The van der Waals surface area contributed by atoms with Crippen molar-refractivity contribution in [1.82, 2.24) is 30.4 Å². The van der Waals surface area contributed by atoms with Crippen molar-refractivity contribution in [3.05, 3.63) is 36.2 Å². The molecule has 1 fully saturated rings. The maximum atomic E-state index is 12.5. The van der Waals surface area contributed by atoms with Gasteiger partial charge in [0, 0.05) is 26.1 Å². The van der Waals surface area contributed by atoms with Gasteiger partial charge in [0.05, 0.1) is 11.3 Å². The van der Waals surface area contributed by atoms with Crippen LogP contribution in [-0.4, -0.2) is 56.6 Å². The predicted octanol–water partition coefficient (Wildman–Crippen LogP) is 1.18. The Hall–Kier alpha value is -2.77. The first-order valence-corrected chi connectivity index (χ1v) is 8.64. The van der Waals surface area contributed by atoms with Crippen molar-refractivity contribution >= 4 is 11.8 Å². The summed E-state index contributed by atoms with van der Waals surface area (Å²) in [7, 11) is 0. The molecule has 0 spiro atoms. The Balaban J connectivity index is 1.52. The van der Waals surface area contributed by atoms with Crippen LogP contribution < -0.4 is 5.32 Å². The van der Waals surface area contributed by atoms with Crippen molar-refractivity contribution in [3.8, 4) is 5.69 Å². The molecule has 1 aromatic carbocycles. The Labute approximate surface area is 146 Å². The second-order valence-corrected chi connectivity index (χ2v) is 6.07. The van der Waals surface area contributed by atoms with Crippen molar-refractivity contribution in [1.29, 1.82) is 0 Å². The molecule has 0 unspecified atom stereocenters. The van der Waals surface area contributed by atoms with E-state index in [1.165, 1.54) is 11.0 Å². The zero-order chi connectivity index (χ0) is 17.5. The van der Waals surface area contributed by atoms with Crippen LogP contribution in [0.2, 0.25) is 0 Å². The minimum atomic E-state index is -0.173. The van der Waals surface area contributed by atoms with Gasteiger partial charge in [-0.25, -0.2) is 0 Å². The van der Waals surface area contributed by atoms with Crippen LogP contribution in [0.5, 0.6) is 0 Å². The smallest absolute Gasteiger partial charge is 0.253 e. The fourth-order valence-electron chi connectivity index (χ4n) is 2.98. The molecule has 8 heteroatoms. The Bertz CT molecular complexity index is 716. The lowest BCUT2D eigenvalue weighted by Crippen LogP contribution is -2.34. The highest BCUT2D eigenvalue weighted by atomic mass is 16.2. The van der Waals surface area contributed by atoms with E-state index in [0.29, 0.717) is 30.8 Å². The van der Waals surface area contributed by atoms with E-state index in [-0.39, 0.29) is 11.8 Å². The monoisotopic (exact) mass is 342 g/mol. The zero-order valence-corrected chi connectivity index (χ0v) is 14.1. The number of carbonyl (C=O) groups excluding carboxylic acids is 2. The highest BCUT2D eigenvalue weighted by Gasteiger charge is 2.16. The molecular weight excluding hydrogens is 320 g/mol. The second-order valence-electron chi connectivity index (χ2n) is 6.07. The van der Waals surface area contributed by atoms with E-state index in [4.69, 9.17) is 0 Å². The van der Waals surface area contributed by atoms with Crippen LogP contribution in [0.4, 0.5) is 0 Å². The molecule has 0 saturated carbocycles. The lowest BCUT2D eigenvalue weighted by Gasteiger charge is -2.20. The molecule has 1 N–H and O–H groups in total.